The Bertz CT molecular complexity index is 628. The number of piperidine rings is 1. The van der Waals surface area contributed by atoms with Crippen LogP contribution in [0, 0.1) is 13.8 Å². The van der Waals surface area contributed by atoms with Crippen LogP contribution >= 0.6 is 0 Å². The average molecular weight is 296 g/mol. The van der Waals surface area contributed by atoms with Gasteiger partial charge in [-0.1, -0.05) is 12.1 Å². The van der Waals surface area contributed by atoms with Gasteiger partial charge in [-0.05, 0) is 68.1 Å². The lowest BCUT2D eigenvalue weighted by Crippen LogP contribution is -2.39. The smallest absolute Gasteiger partial charge is 0.115 e. The molecule has 3 rings (SSSR count). The number of anilines is 2. The van der Waals surface area contributed by atoms with Gasteiger partial charge in [0.25, 0.3) is 0 Å². The second-order valence-electron chi connectivity index (χ2n) is 6.17. The number of aryl methyl sites for hydroxylation is 1. The lowest BCUT2D eigenvalue weighted by molar-refractivity contribution is 0.475. The minimum atomic E-state index is 0.329. The highest BCUT2D eigenvalue weighted by molar-refractivity contribution is 5.55. The molecule has 2 N–H and O–H groups in total. The monoisotopic (exact) mass is 296 g/mol. The molecule has 3 nitrogen and oxygen atoms in total. The molecule has 116 valence electrons. The molecule has 1 fully saturated rings. The Morgan fingerprint density at radius 2 is 1.68 bits per heavy atom. The summed E-state index contributed by atoms with van der Waals surface area (Å²) in [7, 11) is 0. The predicted molar refractivity (Wildman–Crippen MR) is 92.9 cm³/mol. The number of hydrogen-bond acceptors (Lipinski definition) is 3. The van der Waals surface area contributed by atoms with Crippen molar-refractivity contribution >= 4 is 11.4 Å². The van der Waals surface area contributed by atoms with Gasteiger partial charge >= 0.3 is 0 Å². The van der Waals surface area contributed by atoms with Gasteiger partial charge in [0.15, 0.2) is 0 Å². The fourth-order valence-corrected chi connectivity index (χ4v) is 3.07. The molecule has 0 unspecified atom stereocenters. The Morgan fingerprint density at radius 1 is 1.00 bits per heavy atom. The van der Waals surface area contributed by atoms with Crippen molar-refractivity contribution in [1.29, 1.82) is 0 Å². The minimum Gasteiger partial charge on any atom is -0.508 e. The molecule has 1 aliphatic rings. The summed E-state index contributed by atoms with van der Waals surface area (Å²) < 4.78 is 0. The van der Waals surface area contributed by atoms with Crippen molar-refractivity contribution in [3.05, 3.63) is 53.6 Å². The number of nitrogens with zero attached hydrogens (tertiary/aromatic N) is 1. The number of aromatic hydroxyl groups is 1. The van der Waals surface area contributed by atoms with E-state index in [-0.39, 0.29) is 0 Å². The van der Waals surface area contributed by atoms with Crippen LogP contribution in [0.5, 0.6) is 5.75 Å². The number of hydrogen-bond donors (Lipinski definition) is 2. The number of nitrogens with one attached hydrogen (secondary N) is 1. The van der Waals surface area contributed by atoms with E-state index in [1.807, 2.05) is 12.1 Å². The molecule has 2 aromatic carbocycles. The van der Waals surface area contributed by atoms with Crippen molar-refractivity contribution in [2.24, 2.45) is 0 Å². The summed E-state index contributed by atoms with van der Waals surface area (Å²) in [6.07, 6.45) is 2.27. The first-order chi connectivity index (χ1) is 10.6. The predicted octanol–water partition coefficient (Wildman–Crippen LogP) is 4.09. The maximum Gasteiger partial charge on any atom is 0.115 e. The van der Waals surface area contributed by atoms with Crippen LogP contribution in [0.3, 0.4) is 0 Å². The number of phenolic OH excluding ortho intramolecular Hbond substituents is 1. The Labute approximate surface area is 132 Å². The fraction of sp³-hybridized carbons (Fsp3) is 0.368. The van der Waals surface area contributed by atoms with Crippen LogP contribution in [0.25, 0.3) is 0 Å². The Morgan fingerprint density at radius 3 is 2.36 bits per heavy atom. The van der Waals surface area contributed by atoms with Crippen LogP contribution in [0.1, 0.15) is 24.0 Å². The molecule has 0 atom stereocenters. The number of rotatable bonds is 3. The van der Waals surface area contributed by atoms with Gasteiger partial charge in [-0.3, -0.25) is 0 Å². The topological polar surface area (TPSA) is 35.5 Å². The third-order valence-electron chi connectivity index (χ3n) is 4.67. The largest absolute Gasteiger partial charge is 0.508 e. The molecule has 0 aromatic heterocycles. The van der Waals surface area contributed by atoms with Gasteiger partial charge in [0.1, 0.15) is 5.75 Å². The van der Waals surface area contributed by atoms with E-state index in [9.17, 15) is 5.11 Å². The van der Waals surface area contributed by atoms with E-state index >= 15 is 0 Å². The molecule has 3 heteroatoms. The normalized spacial score (nSPS) is 15.8. The van der Waals surface area contributed by atoms with E-state index in [0.29, 0.717) is 11.8 Å². The third-order valence-corrected chi connectivity index (χ3v) is 4.67. The van der Waals surface area contributed by atoms with Gasteiger partial charge < -0.3 is 15.3 Å². The molecule has 0 bridgehead atoms. The first-order valence-corrected chi connectivity index (χ1v) is 8.00. The summed E-state index contributed by atoms with van der Waals surface area (Å²) in [6, 6.07) is 14.5. The summed E-state index contributed by atoms with van der Waals surface area (Å²) in [5.74, 6) is 0.329. The summed E-state index contributed by atoms with van der Waals surface area (Å²) in [5, 5.41) is 13.1. The fourth-order valence-electron chi connectivity index (χ4n) is 3.07. The maximum atomic E-state index is 9.38. The lowest BCUT2D eigenvalue weighted by Gasteiger charge is -2.34. The van der Waals surface area contributed by atoms with Crippen LogP contribution in [0.2, 0.25) is 0 Å². The molecule has 0 aliphatic carbocycles. The van der Waals surface area contributed by atoms with E-state index in [4.69, 9.17) is 0 Å². The second-order valence-corrected chi connectivity index (χ2v) is 6.17. The molecule has 0 spiro atoms. The van der Waals surface area contributed by atoms with E-state index in [1.165, 1.54) is 22.5 Å². The molecule has 0 radical (unpaired) electrons. The summed E-state index contributed by atoms with van der Waals surface area (Å²) in [6.45, 7) is 6.44. The molecule has 22 heavy (non-hydrogen) atoms. The molecule has 1 aliphatic heterocycles. The Hall–Kier alpha value is -2.16. The molecule has 1 saturated heterocycles. The van der Waals surface area contributed by atoms with E-state index in [0.717, 1.165) is 25.9 Å². The molecular weight excluding hydrogens is 272 g/mol. The van der Waals surface area contributed by atoms with Crippen molar-refractivity contribution < 1.29 is 5.11 Å². The van der Waals surface area contributed by atoms with Crippen molar-refractivity contribution in [2.45, 2.75) is 32.7 Å². The van der Waals surface area contributed by atoms with Gasteiger partial charge in [-0.2, -0.15) is 0 Å². The first kappa shape index (κ1) is 14.8. The Balaban J connectivity index is 1.60. The van der Waals surface area contributed by atoms with Crippen LogP contribution in [-0.4, -0.2) is 24.2 Å². The van der Waals surface area contributed by atoms with Crippen LogP contribution in [0.15, 0.2) is 42.5 Å². The second kappa shape index (κ2) is 6.30. The molecule has 2 aromatic rings. The van der Waals surface area contributed by atoms with Gasteiger partial charge in [0.2, 0.25) is 0 Å². The standard InChI is InChI=1S/C19H24N2O/c1-14-4-3-5-19(15(14)2)20-16-10-12-21(13-11-16)17-6-8-18(22)9-7-17/h3-9,16,20,22H,10-13H2,1-2H3. The molecular formula is C19H24N2O. The van der Waals surface area contributed by atoms with Crippen molar-refractivity contribution in [2.75, 3.05) is 23.3 Å². The summed E-state index contributed by atoms with van der Waals surface area (Å²) >= 11 is 0. The molecule has 0 saturated carbocycles. The highest BCUT2D eigenvalue weighted by Crippen LogP contribution is 2.25. The quantitative estimate of drug-likeness (QED) is 0.895. The summed E-state index contributed by atoms with van der Waals surface area (Å²) in [4.78, 5) is 2.39. The zero-order chi connectivity index (χ0) is 15.5. The average Bonchev–Trinajstić information content (AvgIpc) is 2.53. The highest BCUT2D eigenvalue weighted by atomic mass is 16.3. The number of phenols is 1. The highest BCUT2D eigenvalue weighted by Gasteiger charge is 2.19. The first-order valence-electron chi connectivity index (χ1n) is 8.00. The third kappa shape index (κ3) is 3.19. The zero-order valence-corrected chi connectivity index (χ0v) is 13.3. The van der Waals surface area contributed by atoms with Crippen LogP contribution < -0.4 is 10.2 Å². The van der Waals surface area contributed by atoms with Crippen molar-refractivity contribution in [1.82, 2.24) is 0 Å². The van der Waals surface area contributed by atoms with Crippen molar-refractivity contribution in [3.8, 4) is 5.75 Å². The Kier molecular flexibility index (Phi) is 4.23. The minimum absolute atomic E-state index is 0.329. The van der Waals surface area contributed by atoms with Crippen LogP contribution in [-0.2, 0) is 0 Å². The van der Waals surface area contributed by atoms with E-state index < -0.39 is 0 Å². The SMILES string of the molecule is Cc1cccc(NC2CCN(c3ccc(O)cc3)CC2)c1C. The zero-order valence-electron chi connectivity index (χ0n) is 13.3. The lowest BCUT2D eigenvalue weighted by atomic mass is 10.0. The van der Waals surface area contributed by atoms with Gasteiger partial charge in [0.05, 0.1) is 0 Å². The number of benzene rings is 2. The van der Waals surface area contributed by atoms with E-state index in [2.05, 4.69) is 42.3 Å². The maximum absolute atomic E-state index is 9.38. The molecule has 1 heterocycles. The van der Waals surface area contributed by atoms with Crippen molar-refractivity contribution in [3.63, 3.8) is 0 Å². The van der Waals surface area contributed by atoms with Gasteiger partial charge in [-0.25, -0.2) is 0 Å². The van der Waals surface area contributed by atoms with Gasteiger partial charge in [0, 0.05) is 30.5 Å². The van der Waals surface area contributed by atoms with E-state index in [1.54, 1.807) is 12.1 Å². The van der Waals surface area contributed by atoms with Gasteiger partial charge in [-0.15, -0.1) is 0 Å². The molecule has 0 amide bonds. The van der Waals surface area contributed by atoms with Crippen LogP contribution in [0.4, 0.5) is 11.4 Å². The summed E-state index contributed by atoms with van der Waals surface area (Å²) in [5.41, 5.74) is 5.15.